The largest absolute Gasteiger partial charge is 0.487 e. The lowest BCUT2D eigenvalue weighted by molar-refractivity contribution is 0.303. The van der Waals surface area contributed by atoms with Crippen LogP contribution in [0.1, 0.15) is 43.0 Å². The smallest absolute Gasteiger partial charge is 0.138 e. The van der Waals surface area contributed by atoms with E-state index in [0.717, 1.165) is 28.0 Å². The van der Waals surface area contributed by atoms with E-state index in [1.165, 1.54) is 0 Å². The molecule has 0 aliphatic rings. The van der Waals surface area contributed by atoms with Gasteiger partial charge in [0, 0.05) is 0 Å². The van der Waals surface area contributed by atoms with Crippen LogP contribution < -0.4 is 4.74 Å². The van der Waals surface area contributed by atoms with Crippen LogP contribution in [0.5, 0.6) is 5.75 Å². The van der Waals surface area contributed by atoms with Gasteiger partial charge in [0.2, 0.25) is 0 Å². The molecule has 2 aromatic rings. The number of terminal acetylenes is 1. The summed E-state index contributed by atoms with van der Waals surface area (Å²) >= 11 is 0. The van der Waals surface area contributed by atoms with Crippen LogP contribution >= 0.6 is 0 Å². The molecule has 2 radical (unpaired) electrons. The van der Waals surface area contributed by atoms with Gasteiger partial charge in [-0.25, -0.2) is 0 Å². The molecule has 0 saturated carbocycles. The first-order valence-corrected chi connectivity index (χ1v) is 7.66. The maximum atomic E-state index is 5.86. The van der Waals surface area contributed by atoms with Crippen molar-refractivity contribution in [1.29, 1.82) is 0 Å². The molecule has 0 bridgehead atoms. The second-order valence-corrected chi connectivity index (χ2v) is 4.38. The van der Waals surface area contributed by atoms with Crippen molar-refractivity contribution in [2.75, 3.05) is 0 Å². The predicted molar refractivity (Wildman–Crippen MR) is 103 cm³/mol. The van der Waals surface area contributed by atoms with Crippen LogP contribution in [0.4, 0.5) is 0 Å². The Morgan fingerprint density at radius 2 is 1.61 bits per heavy atom. The maximum Gasteiger partial charge on any atom is 0.138 e. The van der Waals surface area contributed by atoms with Gasteiger partial charge in [0.05, 0.1) is 5.56 Å². The summed E-state index contributed by atoms with van der Waals surface area (Å²) in [6.07, 6.45) is 5.53. The molecule has 0 fully saturated rings. The third-order valence-corrected chi connectivity index (χ3v) is 2.80. The van der Waals surface area contributed by atoms with Crippen molar-refractivity contribution in [3.8, 4) is 18.1 Å². The minimum absolute atomic E-state index is 0. The standard InChI is InChI=1S/C17H16O.C2H6.C2H5.CH3/c1-4-16-11-13(2)10-14(3)17(16)18-12-15-8-6-5-7-9-15;2*1-2;/h1,5-11H,12H2,2-3H3;1-2H3;1H2,2H3;1H3. The van der Waals surface area contributed by atoms with Crippen LogP contribution in [-0.2, 0) is 6.61 Å². The van der Waals surface area contributed by atoms with Crippen LogP contribution in [0.15, 0.2) is 42.5 Å². The quantitative estimate of drug-likeness (QED) is 0.615. The summed E-state index contributed by atoms with van der Waals surface area (Å²) < 4.78 is 5.86. The second kappa shape index (κ2) is 13.5. The van der Waals surface area contributed by atoms with Crippen molar-refractivity contribution in [2.24, 2.45) is 0 Å². The maximum absolute atomic E-state index is 5.86. The van der Waals surface area contributed by atoms with Crippen molar-refractivity contribution in [3.63, 3.8) is 0 Å². The molecule has 0 atom stereocenters. The molecule has 0 heterocycles. The summed E-state index contributed by atoms with van der Waals surface area (Å²) in [7, 11) is 0. The average molecular weight is 310 g/mol. The molecular formula is C22H30O. The second-order valence-electron chi connectivity index (χ2n) is 4.38. The summed E-state index contributed by atoms with van der Waals surface area (Å²) in [6.45, 7) is 13.6. The molecule has 23 heavy (non-hydrogen) atoms. The first-order valence-electron chi connectivity index (χ1n) is 7.66. The first-order chi connectivity index (χ1) is 10.7. The van der Waals surface area contributed by atoms with Crippen molar-refractivity contribution in [2.45, 2.75) is 41.2 Å². The minimum atomic E-state index is 0. The van der Waals surface area contributed by atoms with E-state index in [-0.39, 0.29) is 7.43 Å². The normalized spacial score (nSPS) is 8.22. The molecule has 0 amide bonds. The van der Waals surface area contributed by atoms with E-state index in [2.05, 4.69) is 18.9 Å². The number of rotatable bonds is 3. The van der Waals surface area contributed by atoms with E-state index in [4.69, 9.17) is 11.2 Å². The Balaban J connectivity index is 0. The highest BCUT2D eigenvalue weighted by atomic mass is 16.5. The number of benzene rings is 2. The summed E-state index contributed by atoms with van der Waals surface area (Å²) in [5.74, 6) is 3.50. The zero-order chi connectivity index (χ0) is 17.0. The minimum Gasteiger partial charge on any atom is -0.487 e. The highest BCUT2D eigenvalue weighted by Gasteiger charge is 2.07. The molecule has 1 nitrogen and oxygen atoms in total. The first kappa shape index (κ1) is 23.1. The fourth-order valence-corrected chi connectivity index (χ4v) is 1.98. The Morgan fingerprint density at radius 3 is 2.13 bits per heavy atom. The van der Waals surface area contributed by atoms with E-state index in [0.29, 0.717) is 6.61 Å². The van der Waals surface area contributed by atoms with Gasteiger partial charge in [-0.15, -0.1) is 6.42 Å². The van der Waals surface area contributed by atoms with Crippen molar-refractivity contribution < 1.29 is 4.74 Å². The van der Waals surface area contributed by atoms with Crippen LogP contribution in [0.3, 0.4) is 0 Å². The molecule has 0 aliphatic carbocycles. The average Bonchev–Trinajstić information content (AvgIpc) is 2.58. The summed E-state index contributed by atoms with van der Waals surface area (Å²) in [4.78, 5) is 0. The fraction of sp³-hybridized carbons (Fsp3) is 0.273. The SMILES string of the molecule is C#Cc1cc(C)cc(C)c1OCc1ccccc1.CC.[CH2]C.[CH3]. The molecular weight excluding hydrogens is 280 g/mol. The molecule has 1 heteroatoms. The zero-order valence-electron chi connectivity index (χ0n) is 15.4. The summed E-state index contributed by atoms with van der Waals surface area (Å²) in [5.41, 5.74) is 4.20. The van der Waals surface area contributed by atoms with Crippen LogP contribution in [0.25, 0.3) is 0 Å². The lowest BCUT2D eigenvalue weighted by Crippen LogP contribution is -1.99. The molecule has 0 N–H and O–H groups in total. The molecule has 0 aromatic heterocycles. The predicted octanol–water partition coefficient (Wildman–Crippen LogP) is 6.18. The van der Waals surface area contributed by atoms with Gasteiger partial charge < -0.3 is 4.74 Å². The Bertz CT molecular complexity index is 577. The molecule has 124 valence electrons. The third kappa shape index (κ3) is 7.56. The van der Waals surface area contributed by atoms with Gasteiger partial charge in [-0.2, -0.15) is 0 Å². The Morgan fingerprint density at radius 1 is 1.04 bits per heavy atom. The lowest BCUT2D eigenvalue weighted by Gasteiger charge is -2.12. The van der Waals surface area contributed by atoms with Crippen molar-refractivity contribution in [1.82, 2.24) is 0 Å². The topological polar surface area (TPSA) is 9.23 Å². The Hall–Kier alpha value is -2.20. The molecule has 2 rings (SSSR count). The molecule has 0 unspecified atom stereocenters. The highest BCUT2D eigenvalue weighted by molar-refractivity contribution is 5.51. The zero-order valence-corrected chi connectivity index (χ0v) is 15.4. The van der Waals surface area contributed by atoms with Gasteiger partial charge in [0.25, 0.3) is 0 Å². The Labute approximate surface area is 143 Å². The van der Waals surface area contributed by atoms with E-state index in [1.807, 2.05) is 64.1 Å². The van der Waals surface area contributed by atoms with Crippen LogP contribution in [0.2, 0.25) is 0 Å². The number of hydrogen-bond acceptors (Lipinski definition) is 1. The van der Waals surface area contributed by atoms with E-state index >= 15 is 0 Å². The molecule has 0 spiro atoms. The highest BCUT2D eigenvalue weighted by Crippen LogP contribution is 2.25. The monoisotopic (exact) mass is 310 g/mol. The van der Waals surface area contributed by atoms with Gasteiger partial charge in [0.15, 0.2) is 0 Å². The van der Waals surface area contributed by atoms with Gasteiger partial charge >= 0.3 is 0 Å². The van der Waals surface area contributed by atoms with E-state index in [1.54, 1.807) is 6.92 Å². The van der Waals surface area contributed by atoms with Gasteiger partial charge in [-0.1, -0.05) is 77.4 Å². The van der Waals surface area contributed by atoms with Crippen molar-refractivity contribution in [3.05, 3.63) is 79.1 Å². The van der Waals surface area contributed by atoms with Gasteiger partial charge in [0.1, 0.15) is 12.4 Å². The van der Waals surface area contributed by atoms with Gasteiger partial charge in [-0.05, 0) is 36.6 Å². The van der Waals surface area contributed by atoms with Gasteiger partial charge in [-0.3, -0.25) is 0 Å². The molecule has 0 aliphatic heterocycles. The van der Waals surface area contributed by atoms with Crippen LogP contribution in [-0.4, -0.2) is 0 Å². The Kier molecular flexibility index (Phi) is 13.5. The number of hydrogen-bond donors (Lipinski definition) is 0. The summed E-state index contributed by atoms with van der Waals surface area (Å²) in [5, 5.41) is 0. The number of aryl methyl sites for hydroxylation is 2. The molecule has 2 aromatic carbocycles. The van der Waals surface area contributed by atoms with E-state index in [9.17, 15) is 0 Å². The lowest BCUT2D eigenvalue weighted by atomic mass is 10.1. The van der Waals surface area contributed by atoms with Crippen LogP contribution in [0, 0.1) is 40.5 Å². The fourth-order valence-electron chi connectivity index (χ4n) is 1.98. The number of ether oxygens (including phenoxy) is 1. The summed E-state index contributed by atoms with van der Waals surface area (Å²) in [6, 6.07) is 14.1. The molecule has 0 saturated heterocycles. The van der Waals surface area contributed by atoms with Crippen molar-refractivity contribution >= 4 is 0 Å². The third-order valence-electron chi connectivity index (χ3n) is 2.80. The van der Waals surface area contributed by atoms with E-state index < -0.39 is 0 Å².